The first-order valence-electron chi connectivity index (χ1n) is 2.94. The molecular formula is C7H10N2. The average molecular weight is 122 g/mol. The molecule has 0 saturated carbocycles. The summed E-state index contributed by atoms with van der Waals surface area (Å²) in [5.74, 6) is 0. The van der Waals surface area contributed by atoms with Gasteiger partial charge < -0.3 is 5.73 Å². The molecule has 1 aliphatic heterocycles. The molecule has 0 bridgehead atoms. The van der Waals surface area contributed by atoms with Crippen LogP contribution in [0.2, 0.25) is 0 Å². The Morgan fingerprint density at radius 2 is 2.67 bits per heavy atom. The summed E-state index contributed by atoms with van der Waals surface area (Å²) >= 11 is 0. The van der Waals surface area contributed by atoms with Crippen molar-refractivity contribution in [3.63, 3.8) is 0 Å². The summed E-state index contributed by atoms with van der Waals surface area (Å²) in [4.78, 5) is 4.09. The number of dihydropyridines is 1. The Bertz CT molecular complexity index is 168. The lowest BCUT2D eigenvalue weighted by Crippen LogP contribution is -2.09. The van der Waals surface area contributed by atoms with Crippen LogP contribution in [0.25, 0.3) is 0 Å². The number of hydrogen-bond donors (Lipinski definition) is 1. The van der Waals surface area contributed by atoms with Crippen LogP contribution in [0.5, 0.6) is 0 Å². The lowest BCUT2D eigenvalue weighted by atomic mass is 10.1. The second kappa shape index (κ2) is 2.49. The molecule has 0 aromatic heterocycles. The van der Waals surface area contributed by atoms with Crippen molar-refractivity contribution >= 4 is 6.21 Å². The van der Waals surface area contributed by atoms with Gasteiger partial charge in [-0.1, -0.05) is 12.2 Å². The average Bonchev–Trinajstić information content (AvgIpc) is 1.90. The predicted molar refractivity (Wildman–Crippen MR) is 39.4 cm³/mol. The topological polar surface area (TPSA) is 38.4 Å². The summed E-state index contributed by atoms with van der Waals surface area (Å²) in [5.41, 5.74) is 6.19. The van der Waals surface area contributed by atoms with Gasteiger partial charge in [-0.2, -0.15) is 0 Å². The van der Waals surface area contributed by atoms with Crippen molar-refractivity contribution in [1.82, 2.24) is 0 Å². The number of nitrogens with two attached hydrogens (primary N) is 1. The van der Waals surface area contributed by atoms with Gasteiger partial charge in [0.1, 0.15) is 0 Å². The monoisotopic (exact) mass is 122 g/mol. The number of nitrogens with zero attached hydrogens (tertiary/aromatic N) is 1. The molecule has 48 valence electrons. The molecule has 1 atom stereocenters. The van der Waals surface area contributed by atoms with Crippen LogP contribution in [-0.2, 0) is 0 Å². The highest BCUT2D eigenvalue weighted by atomic mass is 14.8. The minimum absolute atomic E-state index is 0.247. The maximum Gasteiger partial charge on any atom is 0.0713 e. The molecule has 2 heteroatoms. The second-order valence-corrected chi connectivity index (χ2v) is 2.02. The maximum atomic E-state index is 5.43. The lowest BCUT2D eigenvalue weighted by Gasteiger charge is -2.07. The quantitative estimate of drug-likeness (QED) is 0.514. The van der Waals surface area contributed by atoms with Gasteiger partial charge in [0.25, 0.3) is 0 Å². The molecule has 0 aliphatic carbocycles. The smallest absolute Gasteiger partial charge is 0.0713 e. The van der Waals surface area contributed by atoms with Crippen LogP contribution >= 0.6 is 0 Å². The minimum Gasteiger partial charge on any atom is -0.398 e. The van der Waals surface area contributed by atoms with E-state index in [-0.39, 0.29) is 6.04 Å². The molecule has 0 radical (unpaired) electrons. The van der Waals surface area contributed by atoms with E-state index in [2.05, 4.69) is 11.6 Å². The molecular weight excluding hydrogens is 112 g/mol. The number of allylic oxidation sites excluding steroid dienone is 1. The zero-order valence-electron chi connectivity index (χ0n) is 5.25. The van der Waals surface area contributed by atoms with Crippen molar-refractivity contribution in [2.45, 2.75) is 12.5 Å². The van der Waals surface area contributed by atoms with Crippen molar-refractivity contribution in [2.75, 3.05) is 0 Å². The van der Waals surface area contributed by atoms with Crippen LogP contribution in [0.15, 0.2) is 29.4 Å². The first kappa shape index (κ1) is 6.08. The number of hydrogen-bond acceptors (Lipinski definition) is 2. The first-order valence-corrected chi connectivity index (χ1v) is 2.94. The normalized spacial score (nSPS) is 25.3. The van der Waals surface area contributed by atoms with E-state index in [1.165, 1.54) is 0 Å². The number of rotatable bonds is 1. The Balaban J connectivity index is 2.58. The summed E-state index contributed by atoms with van der Waals surface area (Å²) in [5, 5.41) is 0. The third-order valence-electron chi connectivity index (χ3n) is 1.28. The van der Waals surface area contributed by atoms with E-state index in [9.17, 15) is 0 Å². The van der Waals surface area contributed by atoms with Crippen LogP contribution < -0.4 is 5.73 Å². The zero-order chi connectivity index (χ0) is 6.69. The predicted octanol–water partition coefficient (Wildman–Crippen LogP) is 0.858. The molecule has 0 aromatic rings. The van der Waals surface area contributed by atoms with E-state index in [1.807, 2.05) is 12.2 Å². The highest BCUT2D eigenvalue weighted by molar-refractivity contribution is 5.78. The molecule has 0 fully saturated rings. The van der Waals surface area contributed by atoms with Gasteiger partial charge in [-0.05, 0) is 6.42 Å². The van der Waals surface area contributed by atoms with Crippen molar-refractivity contribution < 1.29 is 0 Å². The van der Waals surface area contributed by atoms with Gasteiger partial charge in [-0.25, -0.2) is 0 Å². The first-order chi connectivity index (χ1) is 4.33. The minimum atomic E-state index is 0.247. The Hall–Kier alpha value is -1.05. The highest BCUT2D eigenvalue weighted by Gasteiger charge is 2.01. The molecule has 0 spiro atoms. The molecule has 0 saturated heterocycles. The third-order valence-corrected chi connectivity index (χ3v) is 1.28. The van der Waals surface area contributed by atoms with E-state index < -0.39 is 0 Å². The van der Waals surface area contributed by atoms with Gasteiger partial charge in [0.15, 0.2) is 0 Å². The van der Waals surface area contributed by atoms with Crippen LogP contribution in [-0.4, -0.2) is 12.3 Å². The van der Waals surface area contributed by atoms with Crippen LogP contribution in [0, 0.1) is 0 Å². The SMILES string of the molecule is C=CC1CC=C(N)C=N1. The van der Waals surface area contributed by atoms with E-state index in [4.69, 9.17) is 5.73 Å². The lowest BCUT2D eigenvalue weighted by molar-refractivity contribution is 0.826. The second-order valence-electron chi connectivity index (χ2n) is 2.02. The third kappa shape index (κ3) is 1.42. The molecule has 0 amide bonds. The van der Waals surface area contributed by atoms with Gasteiger partial charge in [0.05, 0.1) is 6.04 Å². The molecule has 2 nitrogen and oxygen atoms in total. The van der Waals surface area contributed by atoms with Crippen LogP contribution in [0.4, 0.5) is 0 Å². The fourth-order valence-corrected chi connectivity index (χ4v) is 0.709. The molecule has 1 aliphatic rings. The fraction of sp³-hybridized carbons (Fsp3) is 0.286. The van der Waals surface area contributed by atoms with Gasteiger partial charge in [0.2, 0.25) is 0 Å². The van der Waals surface area contributed by atoms with Gasteiger partial charge in [0, 0.05) is 11.9 Å². The van der Waals surface area contributed by atoms with E-state index >= 15 is 0 Å². The van der Waals surface area contributed by atoms with Gasteiger partial charge >= 0.3 is 0 Å². The fourth-order valence-electron chi connectivity index (χ4n) is 0.709. The van der Waals surface area contributed by atoms with Crippen molar-refractivity contribution in [3.8, 4) is 0 Å². The highest BCUT2D eigenvalue weighted by Crippen LogP contribution is 2.05. The maximum absolute atomic E-state index is 5.43. The largest absolute Gasteiger partial charge is 0.398 e. The molecule has 0 aromatic carbocycles. The molecule has 9 heavy (non-hydrogen) atoms. The van der Waals surface area contributed by atoms with Crippen molar-refractivity contribution in [3.05, 3.63) is 24.4 Å². The summed E-state index contributed by atoms with van der Waals surface area (Å²) in [6.07, 6.45) is 6.35. The Morgan fingerprint density at radius 1 is 1.89 bits per heavy atom. The van der Waals surface area contributed by atoms with E-state index in [0.29, 0.717) is 0 Å². The standard InChI is InChI=1S/C7H10N2/c1-2-7-4-3-6(8)5-9-7/h2-3,5,7H,1,4,8H2. The molecule has 1 rings (SSSR count). The van der Waals surface area contributed by atoms with Gasteiger partial charge in [-0.3, -0.25) is 4.99 Å². The Kier molecular flexibility index (Phi) is 1.68. The number of aliphatic imine (C=N–C) groups is 1. The summed E-state index contributed by atoms with van der Waals surface area (Å²) in [6.45, 7) is 3.63. The van der Waals surface area contributed by atoms with Crippen molar-refractivity contribution in [1.29, 1.82) is 0 Å². The Morgan fingerprint density at radius 3 is 3.11 bits per heavy atom. The Labute approximate surface area is 54.8 Å². The van der Waals surface area contributed by atoms with E-state index in [1.54, 1.807) is 6.21 Å². The molecule has 2 N–H and O–H groups in total. The van der Waals surface area contributed by atoms with Crippen LogP contribution in [0.3, 0.4) is 0 Å². The molecule has 1 unspecified atom stereocenters. The van der Waals surface area contributed by atoms with Crippen LogP contribution in [0.1, 0.15) is 6.42 Å². The van der Waals surface area contributed by atoms with Gasteiger partial charge in [-0.15, -0.1) is 6.58 Å². The summed E-state index contributed by atoms with van der Waals surface area (Å²) in [7, 11) is 0. The summed E-state index contributed by atoms with van der Waals surface area (Å²) in [6, 6.07) is 0.247. The molecule has 1 heterocycles. The van der Waals surface area contributed by atoms with Crippen molar-refractivity contribution in [2.24, 2.45) is 10.7 Å². The summed E-state index contributed by atoms with van der Waals surface area (Å²) < 4.78 is 0. The van der Waals surface area contributed by atoms with E-state index in [0.717, 1.165) is 12.1 Å². The zero-order valence-corrected chi connectivity index (χ0v) is 5.25.